The van der Waals surface area contributed by atoms with Crippen molar-refractivity contribution in [2.45, 2.75) is 40.2 Å². The Hall–Kier alpha value is 0.464. The number of piperazine rings is 1. The predicted molar refractivity (Wildman–Crippen MR) is 66.2 cm³/mol. The number of aliphatic hydroxyl groups is 1. The molecule has 1 rings (SSSR count). The van der Waals surface area contributed by atoms with Crippen LogP contribution in [0.25, 0.3) is 0 Å². The van der Waals surface area contributed by atoms with Crippen LogP contribution in [0.3, 0.4) is 0 Å². The minimum atomic E-state index is 0. The molecule has 1 N–H and O–H groups in total. The van der Waals surface area contributed by atoms with Crippen LogP contribution in [0.15, 0.2) is 0 Å². The summed E-state index contributed by atoms with van der Waals surface area (Å²) in [6.45, 7) is 14.6. The smallest absolute Gasteiger partial charge is 0.0443 e. The van der Waals surface area contributed by atoms with Gasteiger partial charge >= 0.3 is 0 Å². The van der Waals surface area contributed by atoms with E-state index in [2.05, 4.69) is 23.6 Å². The third kappa shape index (κ3) is 7.69. The van der Waals surface area contributed by atoms with Crippen molar-refractivity contribution in [1.82, 2.24) is 9.80 Å². The summed E-state index contributed by atoms with van der Waals surface area (Å²) < 4.78 is 0. The van der Waals surface area contributed by atoms with Crippen LogP contribution < -0.4 is 0 Å². The molecule has 1 aliphatic heterocycles. The summed E-state index contributed by atoms with van der Waals surface area (Å²) in [5, 5.41) is 8.70. The zero-order valence-corrected chi connectivity index (χ0v) is 12.7. The first-order chi connectivity index (χ1) is 7.24. The summed E-state index contributed by atoms with van der Waals surface area (Å²) >= 11 is 0. The molecule has 0 aromatic carbocycles. The number of hydrogen-bond acceptors (Lipinski definition) is 3. The van der Waals surface area contributed by atoms with Gasteiger partial charge in [0.2, 0.25) is 0 Å². The molecule has 0 aromatic rings. The van der Waals surface area contributed by atoms with Crippen molar-refractivity contribution in [1.29, 1.82) is 0 Å². The topological polar surface area (TPSA) is 26.7 Å². The molecule has 1 saturated heterocycles. The molecule has 0 atom stereocenters. The van der Waals surface area contributed by atoms with E-state index in [0.717, 1.165) is 26.1 Å². The molecule has 0 bridgehead atoms. The van der Waals surface area contributed by atoms with Crippen LogP contribution in [0.4, 0.5) is 0 Å². The van der Waals surface area contributed by atoms with Crippen molar-refractivity contribution in [2.75, 3.05) is 39.3 Å². The third-order valence-electron chi connectivity index (χ3n) is 2.77. The van der Waals surface area contributed by atoms with Gasteiger partial charge in [0.25, 0.3) is 0 Å². The first-order valence-corrected chi connectivity index (χ1v) is 6.31. The Morgan fingerprint density at radius 2 is 1.56 bits per heavy atom. The van der Waals surface area contributed by atoms with Crippen LogP contribution in [0, 0.1) is 0 Å². The van der Waals surface area contributed by atoms with Gasteiger partial charge in [0.05, 0.1) is 0 Å². The van der Waals surface area contributed by atoms with Crippen molar-refractivity contribution < 1.29 is 23.7 Å². The summed E-state index contributed by atoms with van der Waals surface area (Å²) in [4.78, 5) is 4.95. The maximum Gasteiger partial charge on any atom is 0.0443 e. The molecule has 3 nitrogen and oxygen atoms in total. The van der Waals surface area contributed by atoms with Crippen molar-refractivity contribution in [3.05, 3.63) is 0 Å². The molecule has 0 amide bonds. The normalized spacial score (nSPS) is 17.6. The van der Waals surface area contributed by atoms with Crippen LogP contribution in [-0.2, 0) is 18.6 Å². The molecule has 0 aliphatic carbocycles. The zero-order chi connectivity index (χ0) is 11.7. The van der Waals surface area contributed by atoms with E-state index in [1.54, 1.807) is 0 Å². The Morgan fingerprint density at radius 3 is 1.94 bits per heavy atom. The van der Waals surface area contributed by atoms with E-state index in [1.807, 2.05) is 13.8 Å². The minimum absolute atomic E-state index is 0. The van der Waals surface area contributed by atoms with Crippen LogP contribution in [-0.4, -0.2) is 60.3 Å². The Morgan fingerprint density at radius 1 is 1.06 bits per heavy atom. The molecule has 97 valence electrons. The molecule has 1 radical (unpaired) electrons. The monoisotopic (exact) mass is 267 g/mol. The molecule has 0 unspecified atom stereocenters. The fourth-order valence-electron chi connectivity index (χ4n) is 1.80. The molecule has 4 heteroatoms. The SMILES string of the molecule is CC.CC(C)N1CCN(CCCO)CC1.[V]. The maximum absolute atomic E-state index is 8.70. The van der Waals surface area contributed by atoms with Crippen molar-refractivity contribution in [2.24, 2.45) is 0 Å². The van der Waals surface area contributed by atoms with Gasteiger partial charge in [-0.05, 0) is 20.3 Å². The van der Waals surface area contributed by atoms with Gasteiger partial charge in [0.1, 0.15) is 0 Å². The average Bonchev–Trinajstić information content (AvgIpc) is 2.29. The van der Waals surface area contributed by atoms with E-state index in [-0.39, 0.29) is 18.6 Å². The first kappa shape index (κ1) is 18.8. The Kier molecular flexibility index (Phi) is 14.0. The Bertz CT molecular complexity index is 137. The molecule has 0 aromatic heterocycles. The molecule has 1 heterocycles. The summed E-state index contributed by atoms with van der Waals surface area (Å²) in [5.41, 5.74) is 0. The second kappa shape index (κ2) is 11.9. The number of rotatable bonds is 4. The van der Waals surface area contributed by atoms with Crippen LogP contribution in [0.5, 0.6) is 0 Å². The van der Waals surface area contributed by atoms with Gasteiger partial charge in [-0.15, -0.1) is 0 Å². The molecule has 1 aliphatic rings. The second-order valence-corrected chi connectivity index (χ2v) is 4.05. The van der Waals surface area contributed by atoms with E-state index < -0.39 is 0 Å². The second-order valence-electron chi connectivity index (χ2n) is 4.05. The van der Waals surface area contributed by atoms with E-state index >= 15 is 0 Å². The fourth-order valence-corrected chi connectivity index (χ4v) is 1.80. The molecule has 1 fully saturated rings. The molecule has 0 spiro atoms. The summed E-state index contributed by atoms with van der Waals surface area (Å²) in [7, 11) is 0. The summed E-state index contributed by atoms with van der Waals surface area (Å²) in [6.07, 6.45) is 0.918. The van der Waals surface area contributed by atoms with Gasteiger partial charge in [-0.2, -0.15) is 0 Å². The molecular weight excluding hydrogens is 239 g/mol. The standard InChI is InChI=1S/C10H22N2O.C2H6.V/c1-10(2)12-7-5-11(6-8-12)4-3-9-13;1-2;/h10,13H,3-9H2,1-2H3;1-2H3;. The van der Waals surface area contributed by atoms with Crippen molar-refractivity contribution >= 4 is 0 Å². The van der Waals surface area contributed by atoms with Gasteiger partial charge in [0, 0.05) is 63.9 Å². The molecule has 16 heavy (non-hydrogen) atoms. The van der Waals surface area contributed by atoms with Gasteiger partial charge in [0.15, 0.2) is 0 Å². The van der Waals surface area contributed by atoms with Gasteiger partial charge in [-0.25, -0.2) is 0 Å². The Balaban J connectivity index is 0. The number of hydrogen-bond donors (Lipinski definition) is 1. The molecule has 0 saturated carbocycles. The quantitative estimate of drug-likeness (QED) is 0.834. The summed E-state index contributed by atoms with van der Waals surface area (Å²) in [6, 6.07) is 0.681. The number of nitrogens with zero attached hydrogens (tertiary/aromatic N) is 2. The predicted octanol–water partition coefficient (Wildman–Crippen LogP) is 1.42. The van der Waals surface area contributed by atoms with E-state index in [9.17, 15) is 0 Å². The van der Waals surface area contributed by atoms with Crippen LogP contribution in [0.1, 0.15) is 34.1 Å². The first-order valence-electron chi connectivity index (χ1n) is 6.31. The van der Waals surface area contributed by atoms with Crippen LogP contribution in [0.2, 0.25) is 0 Å². The summed E-state index contributed by atoms with van der Waals surface area (Å²) in [5.74, 6) is 0. The van der Waals surface area contributed by atoms with E-state index in [4.69, 9.17) is 5.11 Å². The zero-order valence-electron chi connectivity index (χ0n) is 11.3. The van der Waals surface area contributed by atoms with E-state index in [0.29, 0.717) is 12.6 Å². The largest absolute Gasteiger partial charge is 0.396 e. The fraction of sp³-hybridized carbons (Fsp3) is 1.00. The maximum atomic E-state index is 8.70. The minimum Gasteiger partial charge on any atom is -0.396 e. The van der Waals surface area contributed by atoms with Crippen molar-refractivity contribution in [3.8, 4) is 0 Å². The van der Waals surface area contributed by atoms with Crippen LogP contribution >= 0.6 is 0 Å². The Labute approximate surface area is 113 Å². The average molecular weight is 267 g/mol. The van der Waals surface area contributed by atoms with E-state index in [1.165, 1.54) is 13.1 Å². The number of aliphatic hydroxyl groups excluding tert-OH is 1. The van der Waals surface area contributed by atoms with Gasteiger partial charge in [-0.3, -0.25) is 4.90 Å². The third-order valence-corrected chi connectivity index (χ3v) is 2.77. The molecular formula is C12H28N2OV. The van der Waals surface area contributed by atoms with Crippen molar-refractivity contribution in [3.63, 3.8) is 0 Å². The van der Waals surface area contributed by atoms with Gasteiger partial charge in [-0.1, -0.05) is 13.8 Å². The van der Waals surface area contributed by atoms with Gasteiger partial charge < -0.3 is 10.0 Å².